The third-order valence-corrected chi connectivity index (χ3v) is 7.78. The maximum atomic E-state index is 3.57. The molecule has 0 heterocycles. The van der Waals surface area contributed by atoms with Gasteiger partial charge in [0.25, 0.3) is 0 Å². The van der Waals surface area contributed by atoms with Gasteiger partial charge in [-0.3, -0.25) is 0 Å². The summed E-state index contributed by atoms with van der Waals surface area (Å²) in [5.41, 5.74) is 9.01. The highest BCUT2D eigenvalue weighted by atomic mass is 14.8. The van der Waals surface area contributed by atoms with Crippen LogP contribution in [-0.4, -0.2) is 7.05 Å². The molecule has 208 valence electrons. The number of hydrogen-bond acceptors (Lipinski definition) is 1. The minimum absolute atomic E-state index is 0.631. The molecule has 1 nitrogen and oxygen atoms in total. The van der Waals surface area contributed by atoms with Gasteiger partial charge in [-0.15, -0.1) is 0 Å². The zero-order chi connectivity index (χ0) is 27.8. The lowest BCUT2D eigenvalue weighted by Gasteiger charge is -2.28. The third kappa shape index (κ3) is 10.0. The van der Waals surface area contributed by atoms with Gasteiger partial charge in [-0.1, -0.05) is 108 Å². The van der Waals surface area contributed by atoms with E-state index in [-0.39, 0.29) is 0 Å². The van der Waals surface area contributed by atoms with Crippen LogP contribution in [0.2, 0.25) is 0 Å². The van der Waals surface area contributed by atoms with Crippen LogP contribution in [0.3, 0.4) is 0 Å². The van der Waals surface area contributed by atoms with E-state index >= 15 is 0 Å². The molecule has 38 heavy (non-hydrogen) atoms. The second kappa shape index (κ2) is 17.9. The molecule has 1 atom stereocenters. The summed E-state index contributed by atoms with van der Waals surface area (Å²) in [4.78, 5) is 0. The number of benzene rings is 1. The van der Waals surface area contributed by atoms with Crippen molar-refractivity contribution < 1.29 is 0 Å². The van der Waals surface area contributed by atoms with E-state index in [1.165, 1.54) is 78.5 Å². The molecule has 0 bridgehead atoms. The Labute approximate surface area is 236 Å². The van der Waals surface area contributed by atoms with Crippen LogP contribution in [0.5, 0.6) is 0 Å². The van der Waals surface area contributed by atoms with Gasteiger partial charge in [-0.25, -0.2) is 0 Å². The van der Waals surface area contributed by atoms with Crippen LogP contribution >= 0.6 is 0 Å². The standard InChI is InChI=1S/C37H55N/c1-8-12-15-22-33(27-36(29(5)6)32(20-13-9-2)21-14-10-3)34-25-26-35(37(28-34)38-7)31(17-11-4)24-23-30-18-16-19-30/h13,20-21,25-28,30-31,38H,8-12,14,16-19,23-24H2,1-7H3/b20-13-,32-21+,33-27+. The summed E-state index contributed by atoms with van der Waals surface area (Å²) in [5.74, 6) is 8.61. The van der Waals surface area contributed by atoms with E-state index < -0.39 is 0 Å². The van der Waals surface area contributed by atoms with Crippen LogP contribution in [-0.2, 0) is 0 Å². The van der Waals surface area contributed by atoms with Crippen LogP contribution in [0.4, 0.5) is 5.69 Å². The predicted molar refractivity (Wildman–Crippen MR) is 172 cm³/mol. The van der Waals surface area contributed by atoms with E-state index in [9.17, 15) is 0 Å². The van der Waals surface area contributed by atoms with Gasteiger partial charge >= 0.3 is 0 Å². The van der Waals surface area contributed by atoms with Gasteiger partial charge in [0.2, 0.25) is 0 Å². The number of anilines is 1. The normalized spacial score (nSPS) is 15.1. The van der Waals surface area contributed by atoms with E-state index in [4.69, 9.17) is 0 Å². The Morgan fingerprint density at radius 1 is 1.05 bits per heavy atom. The Hall–Kier alpha value is -2.46. The van der Waals surface area contributed by atoms with Crippen LogP contribution in [0.1, 0.15) is 136 Å². The molecule has 1 aromatic rings. The fraction of sp³-hybridized carbons (Fsp3) is 0.568. The highest BCUT2D eigenvalue weighted by molar-refractivity contribution is 5.84. The van der Waals surface area contributed by atoms with Crippen molar-refractivity contribution in [2.45, 2.75) is 125 Å². The Morgan fingerprint density at radius 3 is 2.42 bits per heavy atom. The SMILES string of the molecule is CC/C=C\C(=C/CCC)C(/C=C(\C#CCCC)c1ccc(C(CCC)CCC2CCC2)c(NC)c1)=C(C)C. The average molecular weight is 514 g/mol. The first kappa shape index (κ1) is 31.8. The lowest BCUT2D eigenvalue weighted by molar-refractivity contribution is 0.280. The lowest BCUT2D eigenvalue weighted by atomic mass is 9.78. The van der Waals surface area contributed by atoms with E-state index in [1.54, 1.807) is 0 Å². The fourth-order valence-electron chi connectivity index (χ4n) is 5.27. The average Bonchev–Trinajstić information content (AvgIpc) is 2.89. The first-order chi connectivity index (χ1) is 18.5. The van der Waals surface area contributed by atoms with Gasteiger partial charge in [0.1, 0.15) is 0 Å². The molecular weight excluding hydrogens is 458 g/mol. The molecule has 0 aliphatic heterocycles. The van der Waals surface area contributed by atoms with Crippen molar-refractivity contribution in [1.82, 2.24) is 0 Å². The van der Waals surface area contributed by atoms with E-state index in [0.717, 1.165) is 43.6 Å². The molecule has 0 amide bonds. The van der Waals surface area contributed by atoms with E-state index in [1.807, 2.05) is 0 Å². The molecule has 1 N–H and O–H groups in total. The Bertz CT molecular complexity index is 1030. The first-order valence-electron chi connectivity index (χ1n) is 15.6. The molecule has 2 rings (SSSR count). The molecule has 0 spiro atoms. The highest BCUT2D eigenvalue weighted by Crippen LogP contribution is 2.38. The summed E-state index contributed by atoms with van der Waals surface area (Å²) in [6, 6.07) is 7.08. The second-order valence-electron chi connectivity index (χ2n) is 11.2. The van der Waals surface area contributed by atoms with Gasteiger partial charge in [0, 0.05) is 24.7 Å². The number of nitrogens with one attached hydrogen (secondary N) is 1. The van der Waals surface area contributed by atoms with Crippen molar-refractivity contribution in [2.24, 2.45) is 5.92 Å². The summed E-state index contributed by atoms with van der Waals surface area (Å²) >= 11 is 0. The van der Waals surface area contributed by atoms with Crippen molar-refractivity contribution in [3.05, 3.63) is 70.3 Å². The summed E-state index contributed by atoms with van der Waals surface area (Å²) in [5, 5.41) is 3.56. The second-order valence-corrected chi connectivity index (χ2v) is 11.2. The molecule has 1 aliphatic rings. The van der Waals surface area contributed by atoms with Gasteiger partial charge in [-0.2, -0.15) is 0 Å². The lowest BCUT2D eigenvalue weighted by Crippen LogP contribution is -2.13. The van der Waals surface area contributed by atoms with Crippen molar-refractivity contribution in [2.75, 3.05) is 12.4 Å². The summed E-state index contributed by atoms with van der Waals surface area (Å²) in [6.07, 6.45) is 24.1. The molecule has 1 fully saturated rings. The van der Waals surface area contributed by atoms with Crippen LogP contribution < -0.4 is 5.32 Å². The predicted octanol–water partition coefficient (Wildman–Crippen LogP) is 11.4. The van der Waals surface area contributed by atoms with Crippen molar-refractivity contribution in [1.29, 1.82) is 0 Å². The van der Waals surface area contributed by atoms with Crippen LogP contribution in [0, 0.1) is 17.8 Å². The Balaban J connectivity index is 2.54. The van der Waals surface area contributed by atoms with Crippen molar-refractivity contribution >= 4 is 11.3 Å². The molecule has 0 radical (unpaired) electrons. The molecule has 1 aromatic carbocycles. The van der Waals surface area contributed by atoms with Crippen LogP contribution in [0.15, 0.2) is 59.2 Å². The first-order valence-corrected chi connectivity index (χ1v) is 15.6. The maximum Gasteiger partial charge on any atom is 0.0379 e. The van der Waals surface area contributed by atoms with E-state index in [2.05, 4.69) is 108 Å². The molecule has 1 unspecified atom stereocenters. The van der Waals surface area contributed by atoms with Gasteiger partial charge in [0.05, 0.1) is 0 Å². The molecule has 0 saturated heterocycles. The van der Waals surface area contributed by atoms with E-state index in [0.29, 0.717) is 5.92 Å². The summed E-state index contributed by atoms with van der Waals surface area (Å²) in [7, 11) is 2.08. The molecule has 1 saturated carbocycles. The Morgan fingerprint density at radius 2 is 1.84 bits per heavy atom. The summed E-state index contributed by atoms with van der Waals surface area (Å²) in [6.45, 7) is 13.4. The molecular formula is C37H55N. The summed E-state index contributed by atoms with van der Waals surface area (Å²) < 4.78 is 0. The topological polar surface area (TPSA) is 12.0 Å². The number of hydrogen-bond donors (Lipinski definition) is 1. The number of allylic oxidation sites excluding steroid dienone is 8. The molecule has 0 aromatic heterocycles. The quantitative estimate of drug-likeness (QED) is 0.182. The largest absolute Gasteiger partial charge is 0.388 e. The molecule has 1 heteroatoms. The van der Waals surface area contributed by atoms with Gasteiger partial charge in [-0.05, 0) is 98.6 Å². The third-order valence-electron chi connectivity index (χ3n) is 7.78. The van der Waals surface area contributed by atoms with Gasteiger partial charge in [0.15, 0.2) is 0 Å². The number of rotatable bonds is 15. The van der Waals surface area contributed by atoms with Gasteiger partial charge < -0.3 is 5.32 Å². The smallest absolute Gasteiger partial charge is 0.0379 e. The minimum Gasteiger partial charge on any atom is -0.388 e. The van der Waals surface area contributed by atoms with Crippen molar-refractivity contribution in [3.8, 4) is 11.8 Å². The van der Waals surface area contributed by atoms with Crippen LogP contribution in [0.25, 0.3) is 5.57 Å². The van der Waals surface area contributed by atoms with Crippen molar-refractivity contribution in [3.63, 3.8) is 0 Å². The fourth-order valence-corrected chi connectivity index (χ4v) is 5.27. The molecule has 1 aliphatic carbocycles. The zero-order valence-electron chi connectivity index (χ0n) is 25.7. The monoisotopic (exact) mass is 513 g/mol. The Kier molecular flexibility index (Phi) is 15.0. The maximum absolute atomic E-state index is 3.57. The highest BCUT2D eigenvalue weighted by Gasteiger charge is 2.21. The number of unbranched alkanes of at least 4 members (excludes halogenated alkanes) is 2. The minimum atomic E-state index is 0.631. The zero-order valence-corrected chi connectivity index (χ0v) is 25.7.